The number of benzene rings is 1. The Labute approximate surface area is 150 Å². The van der Waals surface area contributed by atoms with E-state index in [1.807, 2.05) is 17.0 Å². The van der Waals surface area contributed by atoms with E-state index in [1.54, 1.807) is 12.4 Å². The van der Waals surface area contributed by atoms with Crippen LogP contribution >= 0.6 is 0 Å². The standard InChI is InChI=1S/C21H27N3O/c1-21(2,3)18-9-5-6-10-19(18)23-17-13-16(14-22-15-17)20(25)24-11-7-4-8-12-24/h5-6,9-10,13-15,23H,4,7-8,11-12H2,1-3H3. The van der Waals surface area contributed by atoms with Crippen LogP contribution in [0.2, 0.25) is 0 Å². The number of anilines is 2. The number of hydrogen-bond acceptors (Lipinski definition) is 3. The molecule has 4 heteroatoms. The summed E-state index contributed by atoms with van der Waals surface area (Å²) in [6, 6.07) is 10.2. The molecule has 1 fully saturated rings. The number of hydrogen-bond donors (Lipinski definition) is 1. The Bertz CT molecular complexity index is 743. The van der Waals surface area contributed by atoms with E-state index in [9.17, 15) is 4.79 Å². The van der Waals surface area contributed by atoms with Gasteiger partial charge in [-0.05, 0) is 42.4 Å². The highest BCUT2D eigenvalue weighted by Crippen LogP contribution is 2.31. The van der Waals surface area contributed by atoms with Gasteiger partial charge in [-0.15, -0.1) is 0 Å². The molecule has 0 radical (unpaired) electrons. The Kier molecular flexibility index (Phi) is 5.07. The summed E-state index contributed by atoms with van der Waals surface area (Å²) >= 11 is 0. The number of pyridine rings is 1. The van der Waals surface area contributed by atoms with Crippen LogP contribution in [0.3, 0.4) is 0 Å². The van der Waals surface area contributed by atoms with Crippen LogP contribution in [0.4, 0.5) is 11.4 Å². The third-order valence-corrected chi connectivity index (χ3v) is 4.64. The van der Waals surface area contributed by atoms with Crippen LogP contribution < -0.4 is 5.32 Å². The zero-order valence-corrected chi connectivity index (χ0v) is 15.4. The van der Waals surface area contributed by atoms with E-state index < -0.39 is 0 Å². The van der Waals surface area contributed by atoms with Crippen molar-refractivity contribution < 1.29 is 4.79 Å². The smallest absolute Gasteiger partial charge is 0.255 e. The molecule has 0 spiro atoms. The van der Waals surface area contributed by atoms with Gasteiger partial charge in [0.2, 0.25) is 0 Å². The average molecular weight is 337 g/mol. The van der Waals surface area contributed by atoms with Crippen molar-refractivity contribution in [2.75, 3.05) is 18.4 Å². The molecule has 0 aliphatic carbocycles. The number of likely N-dealkylation sites (tertiary alicyclic amines) is 1. The molecule has 1 aliphatic rings. The lowest BCUT2D eigenvalue weighted by Crippen LogP contribution is -2.35. The molecule has 2 aromatic rings. The van der Waals surface area contributed by atoms with Crippen LogP contribution in [0.1, 0.15) is 56.0 Å². The topological polar surface area (TPSA) is 45.2 Å². The fraction of sp³-hybridized carbons (Fsp3) is 0.429. The minimum absolute atomic E-state index is 0.0399. The average Bonchev–Trinajstić information content (AvgIpc) is 2.62. The summed E-state index contributed by atoms with van der Waals surface area (Å²) < 4.78 is 0. The highest BCUT2D eigenvalue weighted by molar-refractivity contribution is 5.95. The molecule has 3 rings (SSSR count). The molecule has 1 aromatic heterocycles. The Morgan fingerprint density at radius 2 is 1.80 bits per heavy atom. The number of piperidine rings is 1. The highest BCUT2D eigenvalue weighted by atomic mass is 16.2. The van der Waals surface area contributed by atoms with Crippen LogP contribution in [0, 0.1) is 0 Å². The third-order valence-electron chi connectivity index (χ3n) is 4.64. The molecule has 1 N–H and O–H groups in total. The first-order valence-electron chi connectivity index (χ1n) is 9.06. The molecule has 0 atom stereocenters. The second-order valence-corrected chi connectivity index (χ2v) is 7.74. The van der Waals surface area contributed by atoms with Crippen molar-refractivity contribution in [3.05, 3.63) is 53.9 Å². The molecule has 4 nitrogen and oxygen atoms in total. The van der Waals surface area contributed by atoms with Crippen molar-refractivity contribution in [2.24, 2.45) is 0 Å². The van der Waals surface area contributed by atoms with Gasteiger partial charge in [0.1, 0.15) is 0 Å². The number of aromatic nitrogens is 1. The van der Waals surface area contributed by atoms with Crippen molar-refractivity contribution in [1.29, 1.82) is 0 Å². The number of carbonyl (C=O) groups excluding carboxylic acids is 1. The lowest BCUT2D eigenvalue weighted by atomic mass is 9.86. The van der Waals surface area contributed by atoms with Crippen LogP contribution in [-0.2, 0) is 5.41 Å². The maximum absolute atomic E-state index is 12.7. The van der Waals surface area contributed by atoms with Gasteiger partial charge in [0.25, 0.3) is 5.91 Å². The Balaban J connectivity index is 1.82. The molecule has 1 aromatic carbocycles. The normalized spacial score (nSPS) is 15.1. The summed E-state index contributed by atoms with van der Waals surface area (Å²) in [7, 11) is 0. The highest BCUT2D eigenvalue weighted by Gasteiger charge is 2.20. The van der Waals surface area contributed by atoms with E-state index in [0.29, 0.717) is 5.56 Å². The van der Waals surface area contributed by atoms with Crippen LogP contribution in [0.5, 0.6) is 0 Å². The fourth-order valence-corrected chi connectivity index (χ4v) is 3.31. The molecular weight excluding hydrogens is 310 g/mol. The first-order valence-corrected chi connectivity index (χ1v) is 9.06. The lowest BCUT2D eigenvalue weighted by molar-refractivity contribution is 0.0724. The first-order chi connectivity index (χ1) is 11.9. The molecule has 1 aliphatic heterocycles. The molecule has 1 saturated heterocycles. The van der Waals surface area contributed by atoms with Gasteiger partial charge in [-0.25, -0.2) is 0 Å². The van der Waals surface area contributed by atoms with E-state index in [4.69, 9.17) is 0 Å². The van der Waals surface area contributed by atoms with E-state index >= 15 is 0 Å². The van der Waals surface area contributed by atoms with Gasteiger partial charge in [0.05, 0.1) is 17.4 Å². The zero-order chi connectivity index (χ0) is 17.9. The van der Waals surface area contributed by atoms with Gasteiger partial charge in [-0.2, -0.15) is 0 Å². The van der Waals surface area contributed by atoms with Crippen molar-refractivity contribution in [3.8, 4) is 0 Å². The molecule has 132 valence electrons. The predicted octanol–water partition coefficient (Wildman–Crippen LogP) is 4.75. The second-order valence-electron chi connectivity index (χ2n) is 7.74. The van der Waals surface area contributed by atoms with Crippen molar-refractivity contribution >= 4 is 17.3 Å². The van der Waals surface area contributed by atoms with Gasteiger partial charge in [0, 0.05) is 25.0 Å². The van der Waals surface area contributed by atoms with E-state index in [0.717, 1.165) is 37.3 Å². The predicted molar refractivity (Wildman–Crippen MR) is 102 cm³/mol. The van der Waals surface area contributed by atoms with Gasteiger partial charge >= 0.3 is 0 Å². The number of amides is 1. The molecule has 1 amide bonds. The number of rotatable bonds is 3. The summed E-state index contributed by atoms with van der Waals surface area (Å²) in [5.41, 5.74) is 3.83. The van der Waals surface area contributed by atoms with E-state index in [1.165, 1.54) is 12.0 Å². The Morgan fingerprint density at radius 1 is 1.08 bits per heavy atom. The van der Waals surface area contributed by atoms with Crippen molar-refractivity contribution in [1.82, 2.24) is 9.88 Å². The maximum atomic E-state index is 12.7. The van der Waals surface area contributed by atoms with Gasteiger partial charge in [0.15, 0.2) is 0 Å². The zero-order valence-electron chi connectivity index (χ0n) is 15.4. The second kappa shape index (κ2) is 7.26. The van der Waals surface area contributed by atoms with E-state index in [-0.39, 0.29) is 11.3 Å². The molecule has 0 saturated carbocycles. The summed E-state index contributed by atoms with van der Waals surface area (Å²) in [4.78, 5) is 18.9. The third kappa shape index (κ3) is 4.19. The van der Waals surface area contributed by atoms with Gasteiger partial charge in [-0.3, -0.25) is 9.78 Å². The minimum Gasteiger partial charge on any atom is -0.354 e. The van der Waals surface area contributed by atoms with Crippen LogP contribution in [-0.4, -0.2) is 28.9 Å². The van der Waals surface area contributed by atoms with Crippen molar-refractivity contribution in [3.63, 3.8) is 0 Å². The SMILES string of the molecule is CC(C)(C)c1ccccc1Nc1cncc(C(=O)N2CCCCC2)c1. The van der Waals surface area contributed by atoms with Crippen molar-refractivity contribution in [2.45, 2.75) is 45.4 Å². The molecule has 0 bridgehead atoms. The minimum atomic E-state index is 0.0399. The van der Waals surface area contributed by atoms with E-state index in [2.05, 4.69) is 49.3 Å². The summed E-state index contributed by atoms with van der Waals surface area (Å²) in [5, 5.41) is 3.44. The number of carbonyl (C=O) groups is 1. The Hall–Kier alpha value is -2.36. The van der Waals surface area contributed by atoms with Gasteiger partial charge in [-0.1, -0.05) is 39.0 Å². The number of para-hydroxylation sites is 1. The number of nitrogens with one attached hydrogen (secondary N) is 1. The largest absolute Gasteiger partial charge is 0.354 e. The monoisotopic (exact) mass is 337 g/mol. The molecule has 0 unspecified atom stereocenters. The Morgan fingerprint density at radius 3 is 2.52 bits per heavy atom. The fourth-order valence-electron chi connectivity index (χ4n) is 3.31. The molecular formula is C21H27N3O. The summed E-state index contributed by atoms with van der Waals surface area (Å²) in [5.74, 6) is 0.0833. The molecule has 2 heterocycles. The summed E-state index contributed by atoms with van der Waals surface area (Å²) in [6.07, 6.45) is 6.84. The van der Waals surface area contributed by atoms with Crippen LogP contribution in [0.15, 0.2) is 42.7 Å². The molecule has 25 heavy (non-hydrogen) atoms. The lowest BCUT2D eigenvalue weighted by Gasteiger charge is -2.27. The maximum Gasteiger partial charge on any atom is 0.255 e. The summed E-state index contributed by atoms with van der Waals surface area (Å²) in [6.45, 7) is 8.29. The van der Waals surface area contributed by atoms with Gasteiger partial charge < -0.3 is 10.2 Å². The first kappa shape index (κ1) is 17.5. The van der Waals surface area contributed by atoms with Crippen LogP contribution in [0.25, 0.3) is 0 Å². The quantitative estimate of drug-likeness (QED) is 0.879. The number of nitrogens with zero attached hydrogens (tertiary/aromatic N) is 2.